The molecular formula is C19H17N3O4. The van der Waals surface area contributed by atoms with Gasteiger partial charge in [-0.3, -0.25) is 10.1 Å². The Morgan fingerprint density at radius 3 is 2.77 bits per heavy atom. The van der Waals surface area contributed by atoms with Gasteiger partial charge in [-0.05, 0) is 37.6 Å². The number of ether oxygens (including phenoxy) is 2. The van der Waals surface area contributed by atoms with Gasteiger partial charge < -0.3 is 13.9 Å². The molecule has 132 valence electrons. The summed E-state index contributed by atoms with van der Waals surface area (Å²) in [7, 11) is 0. The third-order valence-corrected chi connectivity index (χ3v) is 4.08. The molecule has 0 saturated carbocycles. The second-order valence-corrected chi connectivity index (χ2v) is 6.08. The van der Waals surface area contributed by atoms with Crippen molar-refractivity contribution >= 4 is 11.9 Å². The molecule has 2 aromatic carbocycles. The van der Waals surface area contributed by atoms with Crippen LogP contribution in [0.1, 0.15) is 11.1 Å². The van der Waals surface area contributed by atoms with E-state index < -0.39 is 12.0 Å². The molecule has 0 radical (unpaired) electrons. The molecule has 1 amide bonds. The topological polar surface area (TPSA) is 86.5 Å². The van der Waals surface area contributed by atoms with Crippen molar-refractivity contribution in [3.63, 3.8) is 0 Å². The van der Waals surface area contributed by atoms with Gasteiger partial charge in [0.1, 0.15) is 6.61 Å². The highest BCUT2D eigenvalue weighted by Crippen LogP contribution is 2.31. The molecule has 0 fully saturated rings. The fourth-order valence-corrected chi connectivity index (χ4v) is 2.68. The summed E-state index contributed by atoms with van der Waals surface area (Å²) < 4.78 is 16.8. The first-order valence-corrected chi connectivity index (χ1v) is 8.20. The Morgan fingerprint density at radius 1 is 1.12 bits per heavy atom. The van der Waals surface area contributed by atoms with Crippen molar-refractivity contribution in [3.8, 4) is 23.0 Å². The first-order valence-electron chi connectivity index (χ1n) is 8.20. The molecule has 0 spiro atoms. The Balaban J connectivity index is 1.48. The molecule has 0 bridgehead atoms. The Labute approximate surface area is 150 Å². The van der Waals surface area contributed by atoms with Crippen molar-refractivity contribution < 1.29 is 18.7 Å². The number of rotatable bonds is 3. The smallest absolute Gasteiger partial charge is 0.322 e. The van der Waals surface area contributed by atoms with Crippen LogP contribution in [0.4, 0.5) is 6.01 Å². The molecular weight excluding hydrogens is 334 g/mol. The van der Waals surface area contributed by atoms with Gasteiger partial charge in [0.25, 0.3) is 5.91 Å². The molecule has 26 heavy (non-hydrogen) atoms. The number of carbonyl (C=O) groups is 1. The Kier molecular flexibility index (Phi) is 4.04. The van der Waals surface area contributed by atoms with Crippen LogP contribution in [0, 0.1) is 13.8 Å². The van der Waals surface area contributed by atoms with Crippen LogP contribution in [0.2, 0.25) is 0 Å². The average molecular weight is 351 g/mol. The van der Waals surface area contributed by atoms with Crippen molar-refractivity contribution in [3.05, 3.63) is 53.6 Å². The van der Waals surface area contributed by atoms with E-state index in [0.29, 0.717) is 17.4 Å². The third kappa shape index (κ3) is 3.11. The SMILES string of the molecule is Cc1ccc(C)c(-c2nnc(NC(=O)C3COc4ccccc4O3)o2)c1. The van der Waals surface area contributed by atoms with Crippen LogP contribution in [0.3, 0.4) is 0 Å². The molecule has 1 N–H and O–H groups in total. The number of fused-ring (bicyclic) bond motifs is 1. The van der Waals surface area contributed by atoms with Crippen molar-refractivity contribution in [1.82, 2.24) is 10.2 Å². The lowest BCUT2D eigenvalue weighted by Gasteiger charge is -2.24. The fraction of sp³-hybridized carbons (Fsp3) is 0.211. The number of hydrogen-bond donors (Lipinski definition) is 1. The van der Waals surface area contributed by atoms with E-state index in [2.05, 4.69) is 15.5 Å². The van der Waals surface area contributed by atoms with Gasteiger partial charge in [0, 0.05) is 5.56 Å². The zero-order chi connectivity index (χ0) is 18.1. The number of anilines is 1. The molecule has 0 aliphatic carbocycles. The van der Waals surface area contributed by atoms with Crippen molar-refractivity contribution in [1.29, 1.82) is 0 Å². The van der Waals surface area contributed by atoms with Crippen LogP contribution in [0.5, 0.6) is 11.5 Å². The average Bonchev–Trinajstić information content (AvgIpc) is 3.11. The first-order chi connectivity index (χ1) is 12.6. The van der Waals surface area contributed by atoms with Gasteiger partial charge in [-0.15, -0.1) is 5.10 Å². The van der Waals surface area contributed by atoms with Crippen LogP contribution >= 0.6 is 0 Å². The lowest BCUT2D eigenvalue weighted by atomic mass is 10.1. The second-order valence-electron chi connectivity index (χ2n) is 6.08. The van der Waals surface area contributed by atoms with Crippen molar-refractivity contribution in [2.75, 3.05) is 11.9 Å². The summed E-state index contributed by atoms with van der Waals surface area (Å²) in [4.78, 5) is 12.4. The van der Waals surface area contributed by atoms with Crippen molar-refractivity contribution in [2.24, 2.45) is 0 Å². The maximum atomic E-state index is 12.4. The number of aryl methyl sites for hydroxylation is 2. The molecule has 1 aliphatic rings. The molecule has 2 heterocycles. The fourth-order valence-electron chi connectivity index (χ4n) is 2.68. The number of para-hydroxylation sites is 2. The summed E-state index contributed by atoms with van der Waals surface area (Å²) in [5.41, 5.74) is 2.93. The Hall–Kier alpha value is -3.35. The van der Waals surface area contributed by atoms with E-state index >= 15 is 0 Å². The van der Waals surface area contributed by atoms with E-state index in [0.717, 1.165) is 16.7 Å². The van der Waals surface area contributed by atoms with E-state index in [9.17, 15) is 4.79 Å². The summed E-state index contributed by atoms with van der Waals surface area (Å²) in [6, 6.07) is 13.2. The minimum absolute atomic E-state index is 0.0216. The molecule has 7 heteroatoms. The normalized spacial score (nSPS) is 15.5. The van der Waals surface area contributed by atoms with Crippen LogP contribution in [0.25, 0.3) is 11.5 Å². The van der Waals surface area contributed by atoms with E-state index in [-0.39, 0.29) is 12.6 Å². The molecule has 4 rings (SSSR count). The third-order valence-electron chi connectivity index (χ3n) is 4.08. The molecule has 1 atom stereocenters. The summed E-state index contributed by atoms with van der Waals surface area (Å²) in [6.07, 6.45) is -0.791. The number of hydrogen-bond acceptors (Lipinski definition) is 6. The minimum Gasteiger partial charge on any atom is -0.485 e. The molecule has 0 saturated heterocycles. The Morgan fingerprint density at radius 2 is 1.92 bits per heavy atom. The number of benzene rings is 2. The lowest BCUT2D eigenvalue weighted by Crippen LogP contribution is -2.40. The molecule has 1 aromatic heterocycles. The predicted octanol–water partition coefficient (Wildman–Crippen LogP) is 3.13. The van der Waals surface area contributed by atoms with Crippen molar-refractivity contribution in [2.45, 2.75) is 20.0 Å². The lowest BCUT2D eigenvalue weighted by molar-refractivity contribution is -0.125. The van der Waals surface area contributed by atoms with Gasteiger partial charge in [-0.1, -0.05) is 34.9 Å². The van der Waals surface area contributed by atoms with Gasteiger partial charge in [0.05, 0.1) is 0 Å². The van der Waals surface area contributed by atoms with Gasteiger partial charge in [-0.25, -0.2) is 0 Å². The largest absolute Gasteiger partial charge is 0.485 e. The highest BCUT2D eigenvalue weighted by Gasteiger charge is 2.28. The maximum absolute atomic E-state index is 12.4. The maximum Gasteiger partial charge on any atom is 0.322 e. The molecule has 1 aliphatic heterocycles. The Bertz CT molecular complexity index is 967. The number of aromatic nitrogens is 2. The molecule has 3 aromatic rings. The van der Waals surface area contributed by atoms with E-state index in [1.54, 1.807) is 12.1 Å². The van der Waals surface area contributed by atoms with E-state index in [1.165, 1.54) is 0 Å². The van der Waals surface area contributed by atoms with Gasteiger partial charge in [0.15, 0.2) is 11.5 Å². The van der Waals surface area contributed by atoms with Crippen LogP contribution in [0.15, 0.2) is 46.9 Å². The van der Waals surface area contributed by atoms with Gasteiger partial charge in [0.2, 0.25) is 12.0 Å². The summed E-state index contributed by atoms with van der Waals surface area (Å²) in [5, 5.41) is 10.5. The number of amides is 1. The monoisotopic (exact) mass is 351 g/mol. The van der Waals surface area contributed by atoms with E-state index in [4.69, 9.17) is 13.9 Å². The van der Waals surface area contributed by atoms with Crippen LogP contribution < -0.4 is 14.8 Å². The zero-order valence-corrected chi connectivity index (χ0v) is 14.4. The number of nitrogens with zero attached hydrogens (tertiary/aromatic N) is 2. The quantitative estimate of drug-likeness (QED) is 0.780. The van der Waals surface area contributed by atoms with Crippen LogP contribution in [-0.4, -0.2) is 28.8 Å². The summed E-state index contributed by atoms with van der Waals surface area (Å²) in [6.45, 7) is 4.06. The standard InChI is InChI=1S/C19H17N3O4/c1-11-7-8-12(2)13(9-11)18-21-22-19(26-18)20-17(23)16-10-24-14-5-3-4-6-15(14)25-16/h3-9,16H,10H2,1-2H3,(H,20,22,23). The highest BCUT2D eigenvalue weighted by atomic mass is 16.6. The highest BCUT2D eigenvalue weighted by molar-refractivity contribution is 5.93. The van der Waals surface area contributed by atoms with E-state index in [1.807, 2.05) is 44.2 Å². The zero-order valence-electron chi connectivity index (χ0n) is 14.4. The minimum atomic E-state index is -0.791. The molecule has 7 nitrogen and oxygen atoms in total. The van der Waals surface area contributed by atoms with Gasteiger partial charge >= 0.3 is 6.01 Å². The predicted molar refractivity (Wildman–Crippen MR) is 94.2 cm³/mol. The number of carbonyl (C=O) groups excluding carboxylic acids is 1. The first kappa shape index (κ1) is 16.1. The molecule has 1 unspecified atom stereocenters. The number of nitrogens with one attached hydrogen (secondary N) is 1. The summed E-state index contributed by atoms with van der Waals surface area (Å²) >= 11 is 0. The van der Waals surface area contributed by atoms with Gasteiger partial charge in [-0.2, -0.15) is 0 Å². The summed E-state index contributed by atoms with van der Waals surface area (Å²) in [5.74, 6) is 1.09. The van der Waals surface area contributed by atoms with Crippen LogP contribution in [-0.2, 0) is 4.79 Å². The second kappa shape index (κ2) is 6.51.